The fourth-order valence-electron chi connectivity index (χ4n) is 2.68. The average molecular weight is 211 g/mol. The number of piperazine rings is 1. The van der Waals surface area contributed by atoms with Crippen LogP contribution in [0.5, 0.6) is 0 Å². The smallest absolute Gasteiger partial charge is 0.0110 e. The molecule has 2 saturated heterocycles. The third kappa shape index (κ3) is 3.44. The second-order valence-electron chi connectivity index (χ2n) is 4.97. The summed E-state index contributed by atoms with van der Waals surface area (Å²) in [7, 11) is 0. The van der Waals surface area contributed by atoms with E-state index < -0.39 is 0 Å². The van der Waals surface area contributed by atoms with Crippen LogP contribution in [0.1, 0.15) is 26.2 Å². The van der Waals surface area contributed by atoms with Gasteiger partial charge in [0.15, 0.2) is 0 Å². The van der Waals surface area contributed by atoms with E-state index in [9.17, 15) is 0 Å². The molecule has 2 heterocycles. The minimum absolute atomic E-state index is 0.771. The molecule has 88 valence electrons. The predicted molar refractivity (Wildman–Crippen MR) is 64.2 cm³/mol. The van der Waals surface area contributed by atoms with E-state index in [1.54, 1.807) is 0 Å². The Balaban J connectivity index is 1.64. The molecule has 1 unspecified atom stereocenters. The third-order valence-electron chi connectivity index (χ3n) is 3.84. The van der Waals surface area contributed by atoms with E-state index in [1.165, 1.54) is 65.1 Å². The summed E-state index contributed by atoms with van der Waals surface area (Å²) in [4.78, 5) is 5.26. The topological polar surface area (TPSA) is 18.5 Å². The highest BCUT2D eigenvalue weighted by Gasteiger charge is 2.18. The first-order chi connectivity index (χ1) is 7.36. The third-order valence-corrected chi connectivity index (χ3v) is 3.84. The molecule has 2 aliphatic heterocycles. The Morgan fingerprint density at radius 1 is 1.07 bits per heavy atom. The van der Waals surface area contributed by atoms with Crippen molar-refractivity contribution in [2.24, 2.45) is 0 Å². The largest absolute Gasteiger partial charge is 0.314 e. The van der Waals surface area contributed by atoms with Crippen LogP contribution in [0.4, 0.5) is 0 Å². The highest BCUT2D eigenvalue weighted by Crippen LogP contribution is 2.11. The zero-order valence-corrected chi connectivity index (χ0v) is 10.0. The van der Waals surface area contributed by atoms with E-state index in [-0.39, 0.29) is 0 Å². The Hall–Kier alpha value is -0.120. The molecule has 0 amide bonds. The van der Waals surface area contributed by atoms with Crippen molar-refractivity contribution in [3.8, 4) is 0 Å². The minimum Gasteiger partial charge on any atom is -0.314 e. The minimum atomic E-state index is 0.771. The molecular weight excluding hydrogens is 186 g/mol. The highest BCUT2D eigenvalue weighted by atomic mass is 15.2. The van der Waals surface area contributed by atoms with E-state index in [4.69, 9.17) is 0 Å². The van der Waals surface area contributed by atoms with Crippen molar-refractivity contribution in [1.29, 1.82) is 0 Å². The van der Waals surface area contributed by atoms with Crippen molar-refractivity contribution in [2.75, 3.05) is 45.8 Å². The average Bonchev–Trinajstić information content (AvgIpc) is 2.80. The van der Waals surface area contributed by atoms with Gasteiger partial charge in [0.1, 0.15) is 0 Å². The van der Waals surface area contributed by atoms with Crippen molar-refractivity contribution in [3.05, 3.63) is 0 Å². The number of rotatable bonds is 4. The molecule has 3 heteroatoms. The fraction of sp³-hybridized carbons (Fsp3) is 1.00. The van der Waals surface area contributed by atoms with Gasteiger partial charge in [0.05, 0.1) is 0 Å². The Morgan fingerprint density at radius 3 is 2.40 bits per heavy atom. The fourth-order valence-corrected chi connectivity index (χ4v) is 2.68. The molecule has 1 atom stereocenters. The molecule has 0 bridgehead atoms. The zero-order valence-electron chi connectivity index (χ0n) is 10.0. The Morgan fingerprint density at radius 2 is 1.73 bits per heavy atom. The number of likely N-dealkylation sites (tertiary alicyclic amines) is 1. The van der Waals surface area contributed by atoms with Crippen molar-refractivity contribution < 1.29 is 0 Å². The maximum atomic E-state index is 3.41. The molecule has 0 spiro atoms. The summed E-state index contributed by atoms with van der Waals surface area (Å²) < 4.78 is 0. The van der Waals surface area contributed by atoms with Crippen molar-refractivity contribution in [1.82, 2.24) is 15.1 Å². The van der Waals surface area contributed by atoms with Crippen molar-refractivity contribution >= 4 is 0 Å². The van der Waals surface area contributed by atoms with Crippen molar-refractivity contribution in [3.63, 3.8) is 0 Å². The van der Waals surface area contributed by atoms with Gasteiger partial charge in [-0.15, -0.1) is 0 Å². The molecule has 1 N–H and O–H groups in total. The van der Waals surface area contributed by atoms with Crippen LogP contribution in [0.15, 0.2) is 0 Å². The molecular formula is C12H25N3. The van der Waals surface area contributed by atoms with Crippen LogP contribution in [0.3, 0.4) is 0 Å². The SMILES string of the molecule is CC(CCN1CCCC1)N1CCNCC1. The molecule has 0 aliphatic carbocycles. The van der Waals surface area contributed by atoms with Gasteiger partial charge in [-0.3, -0.25) is 4.90 Å². The van der Waals surface area contributed by atoms with Crippen LogP contribution in [0, 0.1) is 0 Å². The van der Waals surface area contributed by atoms with Gasteiger partial charge in [-0.1, -0.05) is 0 Å². The Labute approximate surface area is 93.8 Å². The van der Waals surface area contributed by atoms with Gasteiger partial charge in [0.25, 0.3) is 0 Å². The standard InChI is InChI=1S/C12H25N3/c1-12(15-10-5-13-6-11-15)4-9-14-7-2-3-8-14/h12-13H,2-11H2,1H3. The summed E-state index contributed by atoms with van der Waals surface area (Å²) in [6.45, 7) is 11.2. The van der Waals surface area contributed by atoms with Gasteiger partial charge < -0.3 is 10.2 Å². The van der Waals surface area contributed by atoms with E-state index in [1.807, 2.05) is 0 Å². The second-order valence-corrected chi connectivity index (χ2v) is 4.97. The van der Waals surface area contributed by atoms with Crippen LogP contribution in [-0.4, -0.2) is 61.7 Å². The summed E-state index contributed by atoms with van der Waals surface area (Å²) in [5, 5.41) is 3.41. The quantitative estimate of drug-likeness (QED) is 0.741. The molecule has 0 radical (unpaired) electrons. The van der Waals surface area contributed by atoms with Gasteiger partial charge in [-0.2, -0.15) is 0 Å². The molecule has 15 heavy (non-hydrogen) atoms. The maximum absolute atomic E-state index is 3.41. The summed E-state index contributed by atoms with van der Waals surface area (Å²) in [5.74, 6) is 0. The lowest BCUT2D eigenvalue weighted by Gasteiger charge is -2.33. The van der Waals surface area contributed by atoms with Crippen LogP contribution in [-0.2, 0) is 0 Å². The van der Waals surface area contributed by atoms with Gasteiger partial charge in [-0.05, 0) is 45.8 Å². The lowest BCUT2D eigenvalue weighted by atomic mass is 10.1. The maximum Gasteiger partial charge on any atom is 0.0110 e. The Bertz CT molecular complexity index is 172. The molecule has 2 fully saturated rings. The lowest BCUT2D eigenvalue weighted by molar-refractivity contribution is 0.163. The Kier molecular flexibility index (Phi) is 4.42. The summed E-state index contributed by atoms with van der Waals surface area (Å²) in [6.07, 6.45) is 4.18. The molecule has 0 saturated carbocycles. The first kappa shape index (κ1) is 11.4. The van der Waals surface area contributed by atoms with E-state index in [0.717, 1.165) is 6.04 Å². The monoisotopic (exact) mass is 211 g/mol. The number of hydrogen-bond acceptors (Lipinski definition) is 3. The molecule has 3 nitrogen and oxygen atoms in total. The first-order valence-corrected chi connectivity index (χ1v) is 6.53. The number of nitrogens with one attached hydrogen (secondary N) is 1. The van der Waals surface area contributed by atoms with Crippen LogP contribution >= 0.6 is 0 Å². The van der Waals surface area contributed by atoms with Gasteiger partial charge in [0.2, 0.25) is 0 Å². The summed E-state index contributed by atoms with van der Waals surface area (Å²) in [6, 6.07) is 0.771. The molecule has 2 aliphatic rings. The normalized spacial score (nSPS) is 27.0. The van der Waals surface area contributed by atoms with Gasteiger partial charge in [0, 0.05) is 32.2 Å². The van der Waals surface area contributed by atoms with E-state index >= 15 is 0 Å². The highest BCUT2D eigenvalue weighted by molar-refractivity contribution is 4.75. The zero-order chi connectivity index (χ0) is 10.5. The summed E-state index contributed by atoms with van der Waals surface area (Å²) >= 11 is 0. The van der Waals surface area contributed by atoms with Gasteiger partial charge >= 0.3 is 0 Å². The van der Waals surface area contributed by atoms with Crippen LogP contribution in [0.25, 0.3) is 0 Å². The molecule has 0 aromatic rings. The molecule has 0 aromatic carbocycles. The molecule has 0 aromatic heterocycles. The first-order valence-electron chi connectivity index (χ1n) is 6.53. The number of hydrogen-bond donors (Lipinski definition) is 1. The lowest BCUT2D eigenvalue weighted by Crippen LogP contribution is -2.48. The van der Waals surface area contributed by atoms with Crippen molar-refractivity contribution in [2.45, 2.75) is 32.2 Å². The van der Waals surface area contributed by atoms with E-state index in [2.05, 4.69) is 22.0 Å². The number of nitrogens with zero attached hydrogens (tertiary/aromatic N) is 2. The van der Waals surface area contributed by atoms with E-state index in [0.29, 0.717) is 0 Å². The van der Waals surface area contributed by atoms with Crippen LogP contribution in [0.2, 0.25) is 0 Å². The van der Waals surface area contributed by atoms with Crippen LogP contribution < -0.4 is 5.32 Å². The van der Waals surface area contributed by atoms with Gasteiger partial charge in [-0.25, -0.2) is 0 Å². The molecule has 2 rings (SSSR count). The second kappa shape index (κ2) is 5.83. The predicted octanol–water partition coefficient (Wildman–Crippen LogP) is 0.766. The summed E-state index contributed by atoms with van der Waals surface area (Å²) in [5.41, 5.74) is 0.